The fourth-order valence-corrected chi connectivity index (χ4v) is 1.56. The van der Waals surface area contributed by atoms with Gasteiger partial charge in [0.15, 0.2) is 6.29 Å². The summed E-state index contributed by atoms with van der Waals surface area (Å²) in [5, 5.41) is 6.81. The van der Waals surface area contributed by atoms with Crippen LogP contribution < -0.4 is 0 Å². The number of hydrogen-bond acceptors (Lipinski definition) is 3. The Hall–Kier alpha value is -1.89. The van der Waals surface area contributed by atoms with Crippen molar-refractivity contribution in [3.63, 3.8) is 0 Å². The van der Waals surface area contributed by atoms with E-state index in [0.717, 1.165) is 23.0 Å². The summed E-state index contributed by atoms with van der Waals surface area (Å²) < 4.78 is 39.3. The summed E-state index contributed by atoms with van der Waals surface area (Å²) in [5.74, 6) is 0. The average molecular weight is 276 g/mol. The Bertz CT molecular complexity index is 594. The van der Waals surface area contributed by atoms with Gasteiger partial charge in [0.2, 0.25) is 0 Å². The van der Waals surface area contributed by atoms with Crippen molar-refractivity contribution in [3.8, 4) is 5.69 Å². The molecule has 1 heterocycles. The maximum Gasteiger partial charge on any atom is 0.418 e. The molecule has 4 nitrogen and oxygen atoms in total. The van der Waals surface area contributed by atoms with Crippen LogP contribution in [-0.4, -0.2) is 21.3 Å². The normalized spacial score (nSPS) is 11.6. The Labute approximate surface area is 104 Å². The lowest BCUT2D eigenvalue weighted by molar-refractivity contribution is -0.137. The van der Waals surface area contributed by atoms with E-state index < -0.39 is 11.7 Å². The summed E-state index contributed by atoms with van der Waals surface area (Å²) in [6, 6.07) is 3.25. The summed E-state index contributed by atoms with van der Waals surface area (Å²) in [4.78, 5) is 10.4. The number of benzene rings is 1. The lowest BCUT2D eigenvalue weighted by Gasteiger charge is -2.12. The first-order valence-electron chi connectivity index (χ1n) is 4.66. The quantitative estimate of drug-likeness (QED) is 0.792. The molecule has 8 heteroatoms. The third kappa shape index (κ3) is 2.35. The summed E-state index contributed by atoms with van der Waals surface area (Å²) in [7, 11) is 0. The number of carbonyl (C=O) groups excluding carboxylic acids is 1. The van der Waals surface area contributed by atoms with E-state index >= 15 is 0 Å². The first-order valence-corrected chi connectivity index (χ1v) is 5.04. The summed E-state index contributed by atoms with van der Waals surface area (Å²) in [6.07, 6.45) is -3.08. The summed E-state index contributed by atoms with van der Waals surface area (Å²) >= 11 is 5.54. The van der Waals surface area contributed by atoms with Gasteiger partial charge in [-0.05, 0) is 18.2 Å². The molecule has 0 aliphatic heterocycles. The number of carbonyl (C=O) groups is 1. The van der Waals surface area contributed by atoms with Gasteiger partial charge in [0.05, 0.1) is 17.4 Å². The molecule has 0 N–H and O–H groups in total. The Balaban J connectivity index is 2.60. The maximum absolute atomic E-state index is 12.8. The molecule has 0 saturated carbocycles. The third-order valence-electron chi connectivity index (χ3n) is 2.14. The van der Waals surface area contributed by atoms with E-state index in [1.54, 1.807) is 0 Å². The predicted molar refractivity (Wildman–Crippen MR) is 56.8 cm³/mol. The highest BCUT2D eigenvalue weighted by Crippen LogP contribution is 2.35. The van der Waals surface area contributed by atoms with E-state index in [4.69, 9.17) is 11.6 Å². The molecule has 0 saturated heterocycles. The van der Waals surface area contributed by atoms with Crippen molar-refractivity contribution in [1.29, 1.82) is 0 Å². The molecule has 0 bridgehead atoms. The minimum Gasteiger partial charge on any atom is -0.296 e. The molecule has 0 aliphatic carbocycles. The van der Waals surface area contributed by atoms with Crippen molar-refractivity contribution < 1.29 is 18.0 Å². The molecule has 0 fully saturated rings. The van der Waals surface area contributed by atoms with Gasteiger partial charge in [-0.2, -0.15) is 13.2 Å². The van der Waals surface area contributed by atoms with Gasteiger partial charge < -0.3 is 0 Å². The number of hydrogen-bond donors (Lipinski definition) is 0. The van der Waals surface area contributed by atoms with Crippen LogP contribution >= 0.6 is 11.6 Å². The Morgan fingerprint density at radius 1 is 1.33 bits per heavy atom. The van der Waals surface area contributed by atoms with Crippen LogP contribution in [0.2, 0.25) is 5.02 Å². The molecule has 0 radical (unpaired) electrons. The molecule has 2 aromatic rings. The minimum atomic E-state index is -4.58. The highest BCUT2D eigenvalue weighted by atomic mass is 35.5. The van der Waals surface area contributed by atoms with Gasteiger partial charge in [-0.25, -0.2) is 4.68 Å². The second-order valence-electron chi connectivity index (χ2n) is 3.37. The van der Waals surface area contributed by atoms with E-state index in [0.29, 0.717) is 6.29 Å². The van der Waals surface area contributed by atoms with Gasteiger partial charge in [0.25, 0.3) is 0 Å². The van der Waals surface area contributed by atoms with Crippen LogP contribution in [0, 0.1) is 0 Å². The van der Waals surface area contributed by atoms with Crippen LogP contribution in [0.15, 0.2) is 24.4 Å². The fraction of sp³-hybridized carbons (Fsp3) is 0.100. The lowest BCUT2D eigenvalue weighted by Crippen LogP contribution is -2.11. The molecule has 0 spiro atoms. The molecule has 0 unspecified atom stereocenters. The van der Waals surface area contributed by atoms with E-state index in [-0.39, 0.29) is 16.4 Å². The lowest BCUT2D eigenvalue weighted by atomic mass is 10.1. The average Bonchev–Trinajstić information content (AvgIpc) is 2.76. The Morgan fingerprint density at radius 2 is 2.06 bits per heavy atom. The first-order chi connectivity index (χ1) is 8.41. The largest absolute Gasteiger partial charge is 0.418 e. The number of aldehydes is 1. The van der Waals surface area contributed by atoms with Crippen molar-refractivity contribution >= 4 is 17.9 Å². The molecule has 1 aromatic heterocycles. The second kappa shape index (κ2) is 4.41. The topological polar surface area (TPSA) is 47.8 Å². The SMILES string of the molecule is O=Cc1cn(-c2ccc(Cl)cc2C(F)(F)F)nn1. The molecule has 2 rings (SSSR count). The van der Waals surface area contributed by atoms with Crippen LogP contribution in [-0.2, 0) is 6.18 Å². The standard InChI is InChI=1S/C10H5ClF3N3O/c11-6-1-2-9(8(3-6)10(12,13)14)17-4-7(5-18)15-16-17/h1-5H. The van der Waals surface area contributed by atoms with Crippen molar-refractivity contribution in [1.82, 2.24) is 15.0 Å². The van der Waals surface area contributed by atoms with Gasteiger partial charge in [0.1, 0.15) is 5.69 Å². The van der Waals surface area contributed by atoms with Gasteiger partial charge in [-0.3, -0.25) is 4.79 Å². The van der Waals surface area contributed by atoms with E-state index in [1.807, 2.05) is 0 Å². The molecule has 0 atom stereocenters. The van der Waals surface area contributed by atoms with Gasteiger partial charge >= 0.3 is 6.18 Å². The molecular formula is C10H5ClF3N3O. The Kier molecular flexibility index (Phi) is 3.08. The molecule has 18 heavy (non-hydrogen) atoms. The summed E-state index contributed by atoms with van der Waals surface area (Å²) in [6.45, 7) is 0. The highest BCUT2D eigenvalue weighted by Gasteiger charge is 2.34. The fourth-order valence-electron chi connectivity index (χ4n) is 1.38. The van der Waals surface area contributed by atoms with Gasteiger partial charge in [0, 0.05) is 5.02 Å². The van der Waals surface area contributed by atoms with Crippen LogP contribution in [0.3, 0.4) is 0 Å². The number of rotatable bonds is 2. The van der Waals surface area contributed by atoms with Crippen molar-refractivity contribution in [3.05, 3.63) is 40.7 Å². The monoisotopic (exact) mass is 275 g/mol. The molecule has 0 amide bonds. The zero-order chi connectivity index (χ0) is 13.3. The highest BCUT2D eigenvalue weighted by molar-refractivity contribution is 6.30. The number of alkyl halides is 3. The zero-order valence-electron chi connectivity index (χ0n) is 8.65. The van der Waals surface area contributed by atoms with Crippen molar-refractivity contribution in [2.75, 3.05) is 0 Å². The van der Waals surface area contributed by atoms with Crippen LogP contribution in [0.1, 0.15) is 16.1 Å². The molecular weight excluding hydrogens is 271 g/mol. The van der Waals surface area contributed by atoms with Crippen molar-refractivity contribution in [2.24, 2.45) is 0 Å². The van der Waals surface area contributed by atoms with Crippen LogP contribution in [0.25, 0.3) is 5.69 Å². The predicted octanol–water partition coefficient (Wildman–Crippen LogP) is 2.75. The van der Waals surface area contributed by atoms with Crippen molar-refractivity contribution in [2.45, 2.75) is 6.18 Å². The summed E-state index contributed by atoms with van der Waals surface area (Å²) in [5.41, 5.74) is -1.25. The second-order valence-corrected chi connectivity index (χ2v) is 3.80. The maximum atomic E-state index is 12.8. The molecule has 0 aliphatic rings. The van der Waals surface area contributed by atoms with Crippen LogP contribution in [0.4, 0.5) is 13.2 Å². The number of aromatic nitrogens is 3. The van der Waals surface area contributed by atoms with E-state index in [1.165, 1.54) is 6.07 Å². The minimum absolute atomic E-state index is 0.0400. The first kappa shape index (κ1) is 12.6. The Morgan fingerprint density at radius 3 is 2.61 bits per heavy atom. The number of halogens is 4. The van der Waals surface area contributed by atoms with E-state index in [2.05, 4.69) is 10.3 Å². The van der Waals surface area contributed by atoms with Gasteiger partial charge in [-0.15, -0.1) is 5.10 Å². The smallest absolute Gasteiger partial charge is 0.296 e. The van der Waals surface area contributed by atoms with Gasteiger partial charge in [-0.1, -0.05) is 16.8 Å². The third-order valence-corrected chi connectivity index (χ3v) is 2.38. The zero-order valence-corrected chi connectivity index (χ0v) is 9.40. The molecule has 94 valence electrons. The molecule has 1 aromatic carbocycles. The van der Waals surface area contributed by atoms with E-state index in [9.17, 15) is 18.0 Å². The van der Waals surface area contributed by atoms with Crippen LogP contribution in [0.5, 0.6) is 0 Å². The number of nitrogens with zero attached hydrogens (tertiary/aromatic N) is 3.